The van der Waals surface area contributed by atoms with Crippen molar-refractivity contribution in [2.75, 3.05) is 10.7 Å². The van der Waals surface area contributed by atoms with Gasteiger partial charge in [0.2, 0.25) is 17.7 Å². The molecule has 3 amide bonds. The van der Waals surface area contributed by atoms with Crippen LogP contribution in [-0.4, -0.2) is 45.8 Å². The Kier molecular flexibility index (Phi) is 5.61. The molecule has 2 N–H and O–H groups in total. The van der Waals surface area contributed by atoms with Crippen molar-refractivity contribution in [3.63, 3.8) is 0 Å². The first-order valence-corrected chi connectivity index (χ1v) is 8.39. The Bertz CT molecular complexity index is 691. The number of hydrogen-bond acceptors (Lipinski definition) is 5. The number of carboxylic acids is 1. The van der Waals surface area contributed by atoms with Gasteiger partial charge >= 0.3 is 5.97 Å². The number of anilines is 1. The SMILES string of the molecule is CC(=O)N[C@@H](CS[C@@H]1CC(=O)N(c2cccc(C)c2)C1=O)C(=O)O. The molecule has 1 aromatic rings. The fourth-order valence-electron chi connectivity index (χ4n) is 2.41. The fraction of sp³-hybridized carbons (Fsp3) is 0.375. The van der Waals surface area contributed by atoms with Gasteiger partial charge < -0.3 is 10.4 Å². The van der Waals surface area contributed by atoms with Gasteiger partial charge in [-0.05, 0) is 24.6 Å². The Morgan fingerprint density at radius 1 is 1.42 bits per heavy atom. The van der Waals surface area contributed by atoms with Gasteiger partial charge in [0.1, 0.15) is 6.04 Å². The van der Waals surface area contributed by atoms with Crippen LogP contribution in [0, 0.1) is 6.92 Å². The van der Waals surface area contributed by atoms with E-state index in [1.807, 2.05) is 13.0 Å². The quantitative estimate of drug-likeness (QED) is 0.740. The number of carbonyl (C=O) groups is 4. The molecule has 128 valence electrons. The standard InChI is InChI=1S/C16H18N2O5S/c1-9-4-3-5-11(6-9)18-14(20)7-13(15(18)21)24-8-12(16(22)23)17-10(2)19/h3-6,12-13H,7-8H2,1-2H3,(H,17,19)(H,22,23)/t12-,13+/m0/s1. The minimum atomic E-state index is -1.18. The lowest BCUT2D eigenvalue weighted by Crippen LogP contribution is -2.42. The number of benzene rings is 1. The van der Waals surface area contributed by atoms with Crippen LogP contribution in [-0.2, 0) is 19.2 Å². The summed E-state index contributed by atoms with van der Waals surface area (Å²) in [5, 5.41) is 10.7. The van der Waals surface area contributed by atoms with Gasteiger partial charge in [-0.3, -0.25) is 14.4 Å². The molecule has 24 heavy (non-hydrogen) atoms. The van der Waals surface area contributed by atoms with E-state index in [9.17, 15) is 19.2 Å². The minimum absolute atomic E-state index is 0.0141. The molecule has 0 aliphatic carbocycles. The van der Waals surface area contributed by atoms with E-state index in [-0.39, 0.29) is 24.0 Å². The van der Waals surface area contributed by atoms with Crippen LogP contribution in [0.5, 0.6) is 0 Å². The third kappa shape index (κ3) is 4.14. The lowest BCUT2D eigenvalue weighted by Gasteiger charge is -2.17. The number of rotatable bonds is 6. The third-order valence-electron chi connectivity index (χ3n) is 3.50. The number of carbonyl (C=O) groups excluding carboxylic acids is 3. The van der Waals surface area contributed by atoms with E-state index in [1.54, 1.807) is 18.2 Å². The first-order chi connectivity index (χ1) is 11.3. The molecule has 1 aromatic carbocycles. The van der Waals surface area contributed by atoms with E-state index >= 15 is 0 Å². The van der Waals surface area contributed by atoms with E-state index < -0.39 is 23.2 Å². The third-order valence-corrected chi connectivity index (χ3v) is 4.80. The summed E-state index contributed by atoms with van der Waals surface area (Å²) >= 11 is 1.07. The Labute approximate surface area is 143 Å². The molecule has 0 radical (unpaired) electrons. The maximum atomic E-state index is 12.5. The number of thioether (sulfide) groups is 1. The molecule has 0 bridgehead atoms. The smallest absolute Gasteiger partial charge is 0.327 e. The second-order valence-corrected chi connectivity index (χ2v) is 6.76. The maximum absolute atomic E-state index is 12.5. The van der Waals surface area contributed by atoms with Crippen LogP contribution in [0.25, 0.3) is 0 Å². The van der Waals surface area contributed by atoms with Crippen molar-refractivity contribution in [1.82, 2.24) is 5.32 Å². The van der Waals surface area contributed by atoms with Gasteiger partial charge in [0.25, 0.3) is 0 Å². The molecule has 1 fully saturated rings. The molecule has 8 heteroatoms. The van der Waals surface area contributed by atoms with Crippen molar-refractivity contribution < 1.29 is 24.3 Å². The van der Waals surface area contributed by atoms with E-state index in [0.717, 1.165) is 22.2 Å². The number of carboxylic acid groups (broad SMARTS) is 1. The second kappa shape index (κ2) is 7.48. The largest absolute Gasteiger partial charge is 0.480 e. The predicted molar refractivity (Wildman–Crippen MR) is 89.8 cm³/mol. The average molecular weight is 350 g/mol. The normalized spacial score (nSPS) is 18.6. The molecule has 1 saturated heterocycles. The zero-order valence-electron chi connectivity index (χ0n) is 13.3. The van der Waals surface area contributed by atoms with Crippen molar-refractivity contribution in [3.05, 3.63) is 29.8 Å². The lowest BCUT2D eigenvalue weighted by molar-refractivity contribution is -0.140. The maximum Gasteiger partial charge on any atom is 0.327 e. The number of hydrogen-bond donors (Lipinski definition) is 2. The van der Waals surface area contributed by atoms with Gasteiger partial charge in [0.05, 0.1) is 10.9 Å². The number of nitrogens with one attached hydrogen (secondary N) is 1. The van der Waals surface area contributed by atoms with Gasteiger partial charge in [-0.1, -0.05) is 12.1 Å². The van der Waals surface area contributed by atoms with Crippen LogP contribution in [0.4, 0.5) is 5.69 Å². The van der Waals surface area contributed by atoms with Crippen molar-refractivity contribution in [2.24, 2.45) is 0 Å². The molecule has 1 aliphatic heterocycles. The summed E-state index contributed by atoms with van der Waals surface area (Å²) in [4.78, 5) is 47.9. The number of nitrogens with zero attached hydrogens (tertiary/aromatic N) is 1. The Hall–Kier alpha value is -2.35. The highest BCUT2D eigenvalue weighted by atomic mass is 32.2. The molecule has 0 spiro atoms. The van der Waals surface area contributed by atoms with E-state index in [0.29, 0.717) is 5.69 Å². The summed E-state index contributed by atoms with van der Waals surface area (Å²) < 4.78 is 0. The summed E-state index contributed by atoms with van der Waals surface area (Å²) in [7, 11) is 0. The Balaban J connectivity index is 2.06. The minimum Gasteiger partial charge on any atom is -0.480 e. The molecule has 2 rings (SSSR count). The molecular weight excluding hydrogens is 332 g/mol. The first-order valence-electron chi connectivity index (χ1n) is 7.34. The molecule has 0 aromatic heterocycles. The summed E-state index contributed by atoms with van der Waals surface area (Å²) in [6, 6.07) is 5.98. The van der Waals surface area contributed by atoms with Crippen molar-refractivity contribution in [2.45, 2.75) is 31.6 Å². The van der Waals surface area contributed by atoms with Crippen LogP contribution < -0.4 is 10.2 Å². The average Bonchev–Trinajstić information content (AvgIpc) is 2.77. The highest BCUT2D eigenvalue weighted by Gasteiger charge is 2.40. The van der Waals surface area contributed by atoms with Crippen LogP contribution >= 0.6 is 11.8 Å². The van der Waals surface area contributed by atoms with Crippen LogP contribution in [0.3, 0.4) is 0 Å². The van der Waals surface area contributed by atoms with E-state index in [2.05, 4.69) is 5.32 Å². The number of amides is 3. The molecular formula is C16H18N2O5S. The zero-order chi connectivity index (χ0) is 17.9. The molecule has 2 atom stereocenters. The van der Waals surface area contributed by atoms with Gasteiger partial charge in [-0.15, -0.1) is 11.8 Å². The van der Waals surface area contributed by atoms with Gasteiger partial charge in [-0.25, -0.2) is 9.69 Å². The number of aryl methyl sites for hydroxylation is 1. The van der Waals surface area contributed by atoms with Crippen LogP contribution in [0.1, 0.15) is 18.9 Å². The van der Waals surface area contributed by atoms with Crippen molar-refractivity contribution >= 4 is 41.1 Å². The molecule has 0 saturated carbocycles. The highest BCUT2D eigenvalue weighted by molar-refractivity contribution is 8.00. The Morgan fingerprint density at radius 3 is 2.71 bits per heavy atom. The highest BCUT2D eigenvalue weighted by Crippen LogP contribution is 2.30. The molecule has 1 heterocycles. The van der Waals surface area contributed by atoms with Gasteiger partial charge in [0.15, 0.2) is 0 Å². The van der Waals surface area contributed by atoms with Crippen molar-refractivity contribution in [3.8, 4) is 0 Å². The van der Waals surface area contributed by atoms with Crippen molar-refractivity contribution in [1.29, 1.82) is 0 Å². The van der Waals surface area contributed by atoms with Crippen LogP contribution in [0.2, 0.25) is 0 Å². The lowest BCUT2D eigenvalue weighted by atomic mass is 10.2. The Morgan fingerprint density at radius 2 is 2.12 bits per heavy atom. The topological polar surface area (TPSA) is 104 Å². The first kappa shape index (κ1) is 18.0. The monoisotopic (exact) mass is 350 g/mol. The van der Waals surface area contributed by atoms with Gasteiger partial charge in [-0.2, -0.15) is 0 Å². The molecule has 0 unspecified atom stereocenters. The number of aliphatic carboxylic acids is 1. The predicted octanol–water partition coefficient (Wildman–Crippen LogP) is 0.949. The van der Waals surface area contributed by atoms with Crippen LogP contribution in [0.15, 0.2) is 24.3 Å². The summed E-state index contributed by atoms with van der Waals surface area (Å²) in [6.45, 7) is 3.09. The molecule has 1 aliphatic rings. The second-order valence-electron chi connectivity index (χ2n) is 5.52. The molecule has 7 nitrogen and oxygen atoms in total. The number of imide groups is 1. The fourth-order valence-corrected chi connectivity index (χ4v) is 3.56. The summed E-state index contributed by atoms with van der Waals surface area (Å²) in [5.41, 5.74) is 1.45. The summed E-state index contributed by atoms with van der Waals surface area (Å²) in [5.74, 6) is -2.29. The van der Waals surface area contributed by atoms with Gasteiger partial charge in [0, 0.05) is 19.1 Å². The summed E-state index contributed by atoms with van der Waals surface area (Å²) in [6.07, 6.45) is 0.0177. The van der Waals surface area contributed by atoms with E-state index in [1.165, 1.54) is 6.92 Å². The zero-order valence-corrected chi connectivity index (χ0v) is 14.1. The van der Waals surface area contributed by atoms with E-state index in [4.69, 9.17) is 5.11 Å².